The van der Waals surface area contributed by atoms with Crippen LogP contribution in [0.1, 0.15) is 24.5 Å². The minimum atomic E-state index is -2.44. The molecule has 0 aromatic heterocycles. The van der Waals surface area contributed by atoms with Crippen molar-refractivity contribution in [2.24, 2.45) is 0 Å². The van der Waals surface area contributed by atoms with Crippen LogP contribution >= 0.6 is 0 Å². The lowest BCUT2D eigenvalue weighted by atomic mass is 10.1. The summed E-state index contributed by atoms with van der Waals surface area (Å²) in [6.45, 7) is 0.0206. The van der Waals surface area contributed by atoms with Gasteiger partial charge in [-0.1, -0.05) is 12.1 Å². The Bertz CT molecular complexity index is 374. The Morgan fingerprint density at radius 3 is 2.47 bits per heavy atom. The molecule has 0 amide bonds. The van der Waals surface area contributed by atoms with Crippen LogP contribution in [0.3, 0.4) is 0 Å². The first-order valence-electron chi connectivity index (χ1n) is 6.46. The minimum absolute atomic E-state index is 0.347. The molecule has 1 fully saturated rings. The SMILES string of the molecule is COc1ccc(C(CNC2CC2)OCC(F)F)cc1. The zero-order chi connectivity index (χ0) is 13.7. The van der Waals surface area contributed by atoms with Crippen molar-refractivity contribution in [3.63, 3.8) is 0 Å². The van der Waals surface area contributed by atoms with Crippen molar-refractivity contribution in [3.05, 3.63) is 29.8 Å². The van der Waals surface area contributed by atoms with Crippen molar-refractivity contribution in [1.29, 1.82) is 0 Å². The third-order valence-corrected chi connectivity index (χ3v) is 3.08. The molecule has 1 aliphatic carbocycles. The minimum Gasteiger partial charge on any atom is -0.497 e. The summed E-state index contributed by atoms with van der Waals surface area (Å²) in [5.41, 5.74) is 0.884. The number of rotatable bonds is 8. The fourth-order valence-electron chi connectivity index (χ4n) is 1.84. The van der Waals surface area contributed by atoms with Gasteiger partial charge in [0, 0.05) is 12.6 Å². The van der Waals surface area contributed by atoms with Gasteiger partial charge in [0.2, 0.25) is 0 Å². The molecule has 0 heterocycles. The predicted octanol–water partition coefficient (Wildman–Crippen LogP) is 2.77. The van der Waals surface area contributed by atoms with Gasteiger partial charge in [-0.25, -0.2) is 8.78 Å². The van der Waals surface area contributed by atoms with Crippen molar-refractivity contribution in [1.82, 2.24) is 5.32 Å². The molecule has 3 nitrogen and oxygen atoms in total. The van der Waals surface area contributed by atoms with Crippen LogP contribution in [0.5, 0.6) is 5.75 Å². The zero-order valence-electron chi connectivity index (χ0n) is 10.9. The van der Waals surface area contributed by atoms with Gasteiger partial charge in [-0.3, -0.25) is 0 Å². The average Bonchev–Trinajstić information content (AvgIpc) is 3.23. The molecule has 0 saturated heterocycles. The zero-order valence-corrected chi connectivity index (χ0v) is 10.9. The van der Waals surface area contributed by atoms with Gasteiger partial charge in [-0.2, -0.15) is 0 Å². The normalized spacial score (nSPS) is 16.6. The standard InChI is InChI=1S/C14H19F2NO2/c1-18-12-6-2-10(3-7-12)13(19-9-14(15)16)8-17-11-4-5-11/h2-3,6-7,11,13-14,17H,4-5,8-9H2,1H3. The first-order valence-corrected chi connectivity index (χ1v) is 6.46. The molecule has 1 aromatic rings. The molecule has 5 heteroatoms. The van der Waals surface area contributed by atoms with E-state index >= 15 is 0 Å². The molecule has 19 heavy (non-hydrogen) atoms. The second-order valence-corrected chi connectivity index (χ2v) is 4.67. The van der Waals surface area contributed by atoms with E-state index in [1.54, 1.807) is 7.11 Å². The van der Waals surface area contributed by atoms with Gasteiger partial charge in [0.05, 0.1) is 13.2 Å². The summed E-state index contributed by atoms with van der Waals surface area (Å²) >= 11 is 0. The Balaban J connectivity index is 1.95. The highest BCUT2D eigenvalue weighted by molar-refractivity contribution is 5.28. The van der Waals surface area contributed by atoms with E-state index in [4.69, 9.17) is 9.47 Å². The summed E-state index contributed by atoms with van der Waals surface area (Å²) in [4.78, 5) is 0. The van der Waals surface area contributed by atoms with Crippen molar-refractivity contribution >= 4 is 0 Å². The van der Waals surface area contributed by atoms with Gasteiger partial charge in [0.1, 0.15) is 12.4 Å². The smallest absolute Gasteiger partial charge is 0.261 e. The van der Waals surface area contributed by atoms with Gasteiger partial charge in [0.15, 0.2) is 0 Å². The van der Waals surface area contributed by atoms with Crippen LogP contribution in [0.2, 0.25) is 0 Å². The van der Waals surface area contributed by atoms with E-state index < -0.39 is 13.0 Å². The third-order valence-electron chi connectivity index (χ3n) is 3.08. The number of nitrogens with one attached hydrogen (secondary N) is 1. The van der Waals surface area contributed by atoms with E-state index in [0.717, 1.165) is 24.2 Å². The molecule has 0 aliphatic heterocycles. The molecule has 1 N–H and O–H groups in total. The van der Waals surface area contributed by atoms with Crippen molar-refractivity contribution < 1.29 is 18.3 Å². The number of halogens is 2. The van der Waals surface area contributed by atoms with Crippen LogP contribution in [0.4, 0.5) is 8.78 Å². The fourth-order valence-corrected chi connectivity index (χ4v) is 1.84. The highest BCUT2D eigenvalue weighted by Crippen LogP contribution is 2.24. The Kier molecular flexibility index (Phi) is 5.10. The van der Waals surface area contributed by atoms with Crippen LogP contribution in [0, 0.1) is 0 Å². The monoisotopic (exact) mass is 271 g/mol. The van der Waals surface area contributed by atoms with Gasteiger partial charge >= 0.3 is 0 Å². The number of alkyl halides is 2. The largest absolute Gasteiger partial charge is 0.497 e. The van der Waals surface area contributed by atoms with E-state index in [1.165, 1.54) is 0 Å². The van der Waals surface area contributed by atoms with Crippen LogP contribution in [-0.4, -0.2) is 32.7 Å². The summed E-state index contributed by atoms with van der Waals surface area (Å²) in [6, 6.07) is 7.85. The average molecular weight is 271 g/mol. The van der Waals surface area contributed by atoms with E-state index in [0.29, 0.717) is 12.6 Å². The summed E-state index contributed by atoms with van der Waals surface area (Å²) in [6.07, 6.45) is -0.476. The number of benzene rings is 1. The molecule has 1 unspecified atom stereocenters. The maximum atomic E-state index is 12.3. The highest BCUT2D eigenvalue weighted by Gasteiger charge is 2.23. The Labute approximate surface area is 111 Å². The Hall–Kier alpha value is -1.20. The Morgan fingerprint density at radius 2 is 1.95 bits per heavy atom. The quantitative estimate of drug-likeness (QED) is 0.788. The molecule has 0 radical (unpaired) electrons. The molecule has 1 aromatic carbocycles. The van der Waals surface area contributed by atoms with Crippen LogP contribution in [0.25, 0.3) is 0 Å². The third kappa shape index (κ3) is 4.76. The van der Waals surface area contributed by atoms with Crippen molar-refractivity contribution in [3.8, 4) is 5.75 Å². The molecular formula is C14H19F2NO2. The lowest BCUT2D eigenvalue weighted by Gasteiger charge is -2.19. The van der Waals surface area contributed by atoms with Crippen LogP contribution < -0.4 is 10.1 Å². The molecular weight excluding hydrogens is 252 g/mol. The van der Waals surface area contributed by atoms with Gasteiger partial charge in [-0.05, 0) is 30.5 Å². The number of ether oxygens (including phenoxy) is 2. The number of hydrogen-bond acceptors (Lipinski definition) is 3. The molecule has 1 saturated carbocycles. The predicted molar refractivity (Wildman–Crippen MR) is 68.7 cm³/mol. The lowest BCUT2D eigenvalue weighted by molar-refractivity contribution is -0.0247. The summed E-state index contributed by atoms with van der Waals surface area (Å²) < 4.78 is 34.9. The van der Waals surface area contributed by atoms with E-state index in [9.17, 15) is 8.78 Å². The van der Waals surface area contributed by atoms with Gasteiger partial charge in [0.25, 0.3) is 6.43 Å². The van der Waals surface area contributed by atoms with Crippen LogP contribution in [-0.2, 0) is 4.74 Å². The Morgan fingerprint density at radius 1 is 1.26 bits per heavy atom. The molecule has 2 rings (SSSR count). The summed E-state index contributed by atoms with van der Waals surface area (Å²) in [7, 11) is 1.59. The van der Waals surface area contributed by atoms with Crippen LogP contribution in [0.15, 0.2) is 24.3 Å². The number of methoxy groups -OCH3 is 1. The molecule has 0 bridgehead atoms. The molecule has 106 valence electrons. The summed E-state index contributed by atoms with van der Waals surface area (Å²) in [5.74, 6) is 0.742. The van der Waals surface area contributed by atoms with Crippen molar-refractivity contribution in [2.45, 2.75) is 31.4 Å². The maximum Gasteiger partial charge on any atom is 0.261 e. The molecule has 1 atom stereocenters. The second-order valence-electron chi connectivity index (χ2n) is 4.67. The van der Waals surface area contributed by atoms with Gasteiger partial charge < -0.3 is 14.8 Å². The lowest BCUT2D eigenvalue weighted by Crippen LogP contribution is -2.26. The second kappa shape index (κ2) is 6.82. The molecule has 0 spiro atoms. The first-order chi connectivity index (χ1) is 9.19. The maximum absolute atomic E-state index is 12.3. The topological polar surface area (TPSA) is 30.5 Å². The first kappa shape index (κ1) is 14.2. The highest BCUT2D eigenvalue weighted by atomic mass is 19.3. The number of hydrogen-bond donors (Lipinski definition) is 1. The van der Waals surface area contributed by atoms with E-state index in [1.807, 2.05) is 24.3 Å². The fraction of sp³-hybridized carbons (Fsp3) is 0.571. The van der Waals surface area contributed by atoms with Crippen molar-refractivity contribution in [2.75, 3.05) is 20.3 Å². The summed E-state index contributed by atoms with van der Waals surface area (Å²) in [5, 5.41) is 3.31. The molecule has 1 aliphatic rings. The van der Waals surface area contributed by atoms with Gasteiger partial charge in [-0.15, -0.1) is 0 Å². The van der Waals surface area contributed by atoms with E-state index in [-0.39, 0.29) is 6.10 Å². The van der Waals surface area contributed by atoms with E-state index in [2.05, 4.69) is 5.32 Å².